The van der Waals surface area contributed by atoms with Crippen molar-refractivity contribution in [1.82, 2.24) is 26.2 Å². The summed E-state index contributed by atoms with van der Waals surface area (Å²) in [6.45, 7) is 10.3. The maximum Gasteiger partial charge on any atom is 0.243 e. The van der Waals surface area contributed by atoms with E-state index < -0.39 is 59.9 Å². The third-order valence-corrected chi connectivity index (χ3v) is 9.12. The van der Waals surface area contributed by atoms with Crippen molar-refractivity contribution in [3.63, 3.8) is 0 Å². The lowest BCUT2D eigenvalue weighted by Gasteiger charge is -2.30. The lowest BCUT2D eigenvalue weighted by molar-refractivity contribution is -0.144. The molecular weight excluding hydrogens is 678 g/mol. The van der Waals surface area contributed by atoms with Crippen molar-refractivity contribution in [2.45, 2.75) is 96.5 Å². The topological polar surface area (TPSA) is 186 Å². The number of ether oxygens (including phenoxy) is 1. The van der Waals surface area contributed by atoms with E-state index >= 15 is 0 Å². The molecule has 0 saturated carbocycles. The Morgan fingerprint density at radius 2 is 1.21 bits per heavy atom. The number of Topliss-reactive ketones (excluding diaryl/α,β-unsaturated/α-hetero) is 1. The van der Waals surface area contributed by atoms with E-state index in [9.17, 15) is 34.2 Å². The molecule has 2 aromatic rings. The van der Waals surface area contributed by atoms with Gasteiger partial charge in [-0.3, -0.25) is 28.9 Å². The quantitative estimate of drug-likeness (QED) is 0.111. The average Bonchev–Trinajstić information content (AvgIpc) is 3.12. The predicted molar refractivity (Wildman–Crippen MR) is 202 cm³/mol. The van der Waals surface area contributed by atoms with Crippen molar-refractivity contribution in [3.8, 4) is 0 Å². The number of carbonyl (C=O) groups excluding carboxylic acids is 5. The summed E-state index contributed by atoms with van der Waals surface area (Å²) in [5.41, 5.74) is -0.337. The summed E-state index contributed by atoms with van der Waals surface area (Å²) >= 11 is 0. The first kappa shape index (κ1) is 43.2. The number of benzene rings is 2. The third kappa shape index (κ3) is 15.0. The van der Waals surface area contributed by atoms with Crippen LogP contribution in [0.1, 0.15) is 65.0 Å². The van der Waals surface area contributed by atoms with E-state index in [1.54, 1.807) is 12.1 Å². The van der Waals surface area contributed by atoms with E-state index in [4.69, 9.17) is 4.74 Å². The van der Waals surface area contributed by atoms with Gasteiger partial charge in [0, 0.05) is 19.5 Å². The zero-order valence-electron chi connectivity index (χ0n) is 31.8. The summed E-state index contributed by atoms with van der Waals surface area (Å²) in [7, 11) is 0. The SMILES string of the molecule is CC(C)C[C@H](NC(=O)[C@H](CCc1ccccc1)NC(=O)CN1CCOCC1)C(=O)NC(Cc1ccccc1)C(=O)N[C@@H](CC(C)C)C(=O)[C@@](C)(O)CO. The van der Waals surface area contributed by atoms with Gasteiger partial charge in [-0.05, 0) is 55.6 Å². The minimum atomic E-state index is -2.08. The number of rotatable bonds is 21. The third-order valence-electron chi connectivity index (χ3n) is 9.12. The molecule has 3 rings (SSSR count). The second-order valence-electron chi connectivity index (χ2n) is 15.0. The minimum Gasteiger partial charge on any atom is -0.393 e. The Labute approximate surface area is 313 Å². The summed E-state index contributed by atoms with van der Waals surface area (Å²) in [5, 5.41) is 31.5. The molecule has 6 N–H and O–H groups in total. The largest absolute Gasteiger partial charge is 0.393 e. The van der Waals surface area contributed by atoms with Crippen LogP contribution in [-0.4, -0.2) is 114 Å². The van der Waals surface area contributed by atoms with Crippen molar-refractivity contribution in [2.75, 3.05) is 39.5 Å². The summed E-state index contributed by atoms with van der Waals surface area (Å²) < 4.78 is 5.39. The standard InChI is InChI=1S/C40H59N5O8/c1-27(2)22-32(36(48)40(5,52)26-46)42-39(51)34(24-30-14-10-7-11-15-30)44-38(50)33(23-28(3)4)43-37(49)31(17-16-29-12-8-6-9-13-29)41-35(47)25-45-18-20-53-21-19-45/h6-15,27-28,31-34,46,52H,16-26H2,1-5H3,(H,41,47)(H,42,51)(H,43,49)(H,44,50)/t31-,32-,33-,34?,40-/m0/s1. The Morgan fingerprint density at radius 1 is 0.717 bits per heavy atom. The van der Waals surface area contributed by atoms with Gasteiger partial charge >= 0.3 is 0 Å². The molecule has 0 aliphatic carbocycles. The van der Waals surface area contributed by atoms with Crippen LogP contribution in [0.4, 0.5) is 0 Å². The van der Waals surface area contributed by atoms with Crippen LogP contribution in [0, 0.1) is 11.8 Å². The molecule has 0 bridgehead atoms. The van der Waals surface area contributed by atoms with Gasteiger partial charge in [-0.25, -0.2) is 0 Å². The number of nitrogens with zero attached hydrogens (tertiary/aromatic N) is 1. The Balaban J connectivity index is 1.84. The van der Waals surface area contributed by atoms with Gasteiger partial charge in [0.2, 0.25) is 23.6 Å². The number of nitrogens with one attached hydrogen (secondary N) is 4. The van der Waals surface area contributed by atoms with Crippen molar-refractivity contribution in [3.05, 3.63) is 71.8 Å². The maximum atomic E-state index is 14.1. The number of aryl methyl sites for hydroxylation is 1. The lowest BCUT2D eigenvalue weighted by Crippen LogP contribution is -2.60. The van der Waals surface area contributed by atoms with E-state index in [0.29, 0.717) is 39.1 Å². The first-order valence-corrected chi connectivity index (χ1v) is 18.6. The molecule has 0 radical (unpaired) electrons. The summed E-state index contributed by atoms with van der Waals surface area (Å²) in [4.78, 5) is 70.2. The smallest absolute Gasteiger partial charge is 0.243 e. The number of hydrogen-bond donors (Lipinski definition) is 6. The molecule has 1 heterocycles. The van der Waals surface area contributed by atoms with Crippen LogP contribution in [0.5, 0.6) is 0 Å². The fourth-order valence-corrected chi connectivity index (χ4v) is 6.16. The number of ketones is 1. The molecule has 0 aromatic heterocycles. The highest BCUT2D eigenvalue weighted by atomic mass is 16.5. The first-order valence-electron chi connectivity index (χ1n) is 18.6. The first-order chi connectivity index (χ1) is 25.2. The maximum absolute atomic E-state index is 14.1. The van der Waals surface area contributed by atoms with Gasteiger partial charge in [0.1, 0.15) is 23.7 Å². The summed E-state index contributed by atoms with van der Waals surface area (Å²) in [5.74, 6) is -2.89. The highest BCUT2D eigenvalue weighted by Crippen LogP contribution is 2.16. The van der Waals surface area contributed by atoms with Crippen LogP contribution < -0.4 is 21.3 Å². The molecule has 1 unspecified atom stereocenters. The number of hydrogen-bond acceptors (Lipinski definition) is 9. The molecule has 2 aromatic carbocycles. The Morgan fingerprint density at radius 3 is 1.77 bits per heavy atom. The van der Waals surface area contributed by atoms with Gasteiger partial charge in [-0.1, -0.05) is 88.4 Å². The van der Waals surface area contributed by atoms with Crippen LogP contribution in [0.3, 0.4) is 0 Å². The number of carbonyl (C=O) groups is 5. The summed E-state index contributed by atoms with van der Waals surface area (Å²) in [6.07, 6.45) is 1.33. The zero-order valence-corrected chi connectivity index (χ0v) is 31.8. The van der Waals surface area contributed by atoms with E-state index in [1.165, 1.54) is 6.92 Å². The number of aliphatic hydroxyl groups excluding tert-OH is 1. The monoisotopic (exact) mass is 737 g/mol. The van der Waals surface area contributed by atoms with Gasteiger partial charge in [-0.15, -0.1) is 0 Å². The molecule has 1 fully saturated rings. The minimum absolute atomic E-state index is 0.0279. The zero-order chi connectivity index (χ0) is 39.0. The molecule has 13 nitrogen and oxygen atoms in total. The second kappa shape index (κ2) is 21.5. The van der Waals surface area contributed by atoms with E-state index in [0.717, 1.165) is 11.1 Å². The van der Waals surface area contributed by atoms with Crippen molar-refractivity contribution in [2.24, 2.45) is 11.8 Å². The van der Waals surface area contributed by atoms with E-state index in [2.05, 4.69) is 21.3 Å². The molecule has 5 atom stereocenters. The van der Waals surface area contributed by atoms with Crippen LogP contribution in [0.2, 0.25) is 0 Å². The van der Waals surface area contributed by atoms with Crippen LogP contribution in [0.25, 0.3) is 0 Å². The molecule has 4 amide bonds. The Kier molecular flexibility index (Phi) is 17.5. The number of amides is 4. The van der Waals surface area contributed by atoms with Crippen molar-refractivity contribution >= 4 is 29.4 Å². The second-order valence-corrected chi connectivity index (χ2v) is 15.0. The van der Waals surface area contributed by atoms with Gasteiger partial charge in [0.25, 0.3) is 0 Å². The van der Waals surface area contributed by atoms with Crippen LogP contribution in [-0.2, 0) is 41.6 Å². The Bertz CT molecular complexity index is 1460. The normalized spacial score (nSPS) is 16.8. The van der Waals surface area contributed by atoms with E-state index in [1.807, 2.05) is 81.1 Å². The predicted octanol–water partition coefficient (Wildman–Crippen LogP) is 1.54. The van der Waals surface area contributed by atoms with Crippen LogP contribution in [0.15, 0.2) is 60.7 Å². The average molecular weight is 738 g/mol. The van der Waals surface area contributed by atoms with E-state index in [-0.39, 0.29) is 43.6 Å². The lowest BCUT2D eigenvalue weighted by atomic mass is 9.90. The van der Waals surface area contributed by atoms with Crippen molar-refractivity contribution in [1.29, 1.82) is 0 Å². The highest BCUT2D eigenvalue weighted by Gasteiger charge is 2.38. The molecule has 1 aliphatic rings. The fourth-order valence-electron chi connectivity index (χ4n) is 6.16. The fraction of sp³-hybridized carbons (Fsp3) is 0.575. The van der Waals surface area contributed by atoms with Gasteiger partial charge in [-0.2, -0.15) is 0 Å². The van der Waals surface area contributed by atoms with Crippen molar-refractivity contribution < 1.29 is 38.9 Å². The van der Waals surface area contributed by atoms with Gasteiger partial charge in [0.05, 0.1) is 32.4 Å². The van der Waals surface area contributed by atoms with Gasteiger partial charge < -0.3 is 36.2 Å². The molecular formula is C40H59N5O8. The highest BCUT2D eigenvalue weighted by molar-refractivity contribution is 5.97. The Hall–Kier alpha value is -4.17. The number of morpholine rings is 1. The molecule has 53 heavy (non-hydrogen) atoms. The molecule has 1 aliphatic heterocycles. The summed E-state index contributed by atoms with van der Waals surface area (Å²) in [6, 6.07) is 14.4. The molecule has 292 valence electrons. The van der Waals surface area contributed by atoms with Gasteiger partial charge in [0.15, 0.2) is 5.78 Å². The number of aliphatic hydroxyl groups is 2. The molecule has 1 saturated heterocycles. The molecule has 0 spiro atoms. The molecule has 13 heteroatoms. The van der Waals surface area contributed by atoms with Crippen LogP contribution >= 0.6 is 0 Å².